The number of nitrogens with one attached hydrogen (secondary N) is 2. The monoisotopic (exact) mass is 598 g/mol. The van der Waals surface area contributed by atoms with Crippen LogP contribution in [0.15, 0.2) is 108 Å². The highest BCUT2D eigenvalue weighted by atomic mass is 32.2. The number of amides is 2. The van der Waals surface area contributed by atoms with Gasteiger partial charge < -0.3 is 30.3 Å². The first kappa shape index (κ1) is 30.3. The fourth-order valence-corrected chi connectivity index (χ4v) is 6.18. The molecule has 0 aromatic heterocycles. The Bertz CT molecular complexity index is 1530. The van der Waals surface area contributed by atoms with Crippen LogP contribution in [0.2, 0.25) is 0 Å². The van der Waals surface area contributed by atoms with E-state index in [0.717, 1.165) is 22.3 Å². The van der Waals surface area contributed by atoms with Gasteiger partial charge in [-0.25, -0.2) is 9.59 Å². The van der Waals surface area contributed by atoms with Crippen molar-refractivity contribution in [1.82, 2.24) is 5.32 Å². The highest BCUT2D eigenvalue weighted by Gasteiger charge is 2.38. The van der Waals surface area contributed by atoms with Gasteiger partial charge in [0.15, 0.2) is 6.29 Å². The minimum atomic E-state index is -0.971. The molecule has 43 heavy (non-hydrogen) atoms. The van der Waals surface area contributed by atoms with Gasteiger partial charge in [-0.15, -0.1) is 11.8 Å². The summed E-state index contributed by atoms with van der Waals surface area (Å²) >= 11 is 1.44. The molecular formula is C34H34N2O6S. The van der Waals surface area contributed by atoms with Gasteiger partial charge in [0.05, 0.1) is 24.4 Å². The maximum Gasteiger partial charge on any atom is 0.336 e. The summed E-state index contributed by atoms with van der Waals surface area (Å²) in [5.74, 6) is -0.525. The average molecular weight is 599 g/mol. The zero-order valence-corrected chi connectivity index (χ0v) is 24.5. The molecule has 4 N–H and O–H groups in total. The SMILES string of the molecule is C[C@H]1[C@@H](CSc2ccccc2C(=O)O)O[C@@H](c2cccc(NC(=O)NCc3ccccc3)c2)O[C@H]1c1ccc(CO)cc1. The number of hydrogen-bond donors (Lipinski definition) is 4. The molecule has 4 aromatic carbocycles. The number of carboxylic acid groups (broad SMARTS) is 1. The first-order valence-electron chi connectivity index (χ1n) is 14.1. The number of benzene rings is 4. The van der Waals surface area contributed by atoms with Gasteiger partial charge in [-0.2, -0.15) is 0 Å². The first-order valence-corrected chi connectivity index (χ1v) is 15.0. The third-order valence-electron chi connectivity index (χ3n) is 7.36. The molecule has 2 amide bonds. The number of anilines is 1. The summed E-state index contributed by atoms with van der Waals surface area (Å²) in [4.78, 5) is 25.0. The van der Waals surface area contributed by atoms with Crippen molar-refractivity contribution in [2.75, 3.05) is 11.1 Å². The van der Waals surface area contributed by atoms with Gasteiger partial charge >= 0.3 is 12.0 Å². The lowest BCUT2D eigenvalue weighted by atomic mass is 9.91. The van der Waals surface area contributed by atoms with Gasteiger partial charge in [0.25, 0.3) is 0 Å². The van der Waals surface area contributed by atoms with E-state index in [2.05, 4.69) is 17.6 Å². The van der Waals surface area contributed by atoms with Crippen LogP contribution >= 0.6 is 11.8 Å². The predicted molar refractivity (Wildman–Crippen MR) is 166 cm³/mol. The highest BCUT2D eigenvalue weighted by molar-refractivity contribution is 7.99. The Balaban J connectivity index is 1.34. The highest BCUT2D eigenvalue weighted by Crippen LogP contribution is 2.43. The van der Waals surface area contributed by atoms with Crippen LogP contribution < -0.4 is 10.6 Å². The van der Waals surface area contributed by atoms with Gasteiger partial charge in [0.2, 0.25) is 0 Å². The van der Waals surface area contributed by atoms with Crippen molar-refractivity contribution >= 4 is 29.4 Å². The number of hydrogen-bond acceptors (Lipinski definition) is 6. The van der Waals surface area contributed by atoms with E-state index in [1.807, 2.05) is 78.9 Å². The lowest BCUT2D eigenvalue weighted by Gasteiger charge is -2.41. The van der Waals surface area contributed by atoms with Crippen molar-refractivity contribution in [1.29, 1.82) is 0 Å². The molecule has 222 valence electrons. The average Bonchev–Trinajstić information content (AvgIpc) is 3.04. The van der Waals surface area contributed by atoms with E-state index < -0.39 is 12.3 Å². The molecule has 0 unspecified atom stereocenters. The van der Waals surface area contributed by atoms with Gasteiger partial charge in [-0.1, -0.05) is 85.8 Å². The molecule has 4 atom stereocenters. The topological polar surface area (TPSA) is 117 Å². The maximum atomic E-state index is 12.6. The number of thioether (sulfide) groups is 1. The van der Waals surface area contributed by atoms with Gasteiger partial charge in [0, 0.05) is 34.4 Å². The number of carbonyl (C=O) groups is 2. The molecule has 0 radical (unpaired) electrons. The lowest BCUT2D eigenvalue weighted by Crippen LogP contribution is -2.38. The van der Waals surface area contributed by atoms with E-state index in [0.29, 0.717) is 22.9 Å². The molecule has 0 spiro atoms. The van der Waals surface area contributed by atoms with Crippen molar-refractivity contribution in [2.45, 2.75) is 43.5 Å². The molecule has 1 fully saturated rings. The zero-order valence-electron chi connectivity index (χ0n) is 23.7. The van der Waals surface area contributed by atoms with Crippen LogP contribution in [0.1, 0.15) is 51.9 Å². The molecular weight excluding hydrogens is 564 g/mol. The van der Waals surface area contributed by atoms with E-state index in [1.54, 1.807) is 24.3 Å². The van der Waals surface area contributed by atoms with Crippen LogP contribution in [0.4, 0.5) is 10.5 Å². The lowest BCUT2D eigenvalue weighted by molar-refractivity contribution is -0.268. The second kappa shape index (κ2) is 14.3. The number of ether oxygens (including phenoxy) is 2. The van der Waals surface area contributed by atoms with E-state index in [9.17, 15) is 19.8 Å². The van der Waals surface area contributed by atoms with Crippen molar-refractivity contribution in [3.63, 3.8) is 0 Å². The number of aliphatic hydroxyl groups excluding tert-OH is 1. The first-order chi connectivity index (χ1) is 20.9. The zero-order chi connectivity index (χ0) is 30.2. The van der Waals surface area contributed by atoms with Crippen molar-refractivity contribution in [3.05, 3.63) is 131 Å². The van der Waals surface area contributed by atoms with Crippen LogP contribution in [0, 0.1) is 5.92 Å². The summed E-state index contributed by atoms with van der Waals surface area (Å²) < 4.78 is 13.0. The number of urea groups is 1. The largest absolute Gasteiger partial charge is 0.478 e. The van der Waals surface area contributed by atoms with Gasteiger partial charge in [-0.05, 0) is 41.0 Å². The van der Waals surface area contributed by atoms with Gasteiger partial charge in [0.1, 0.15) is 0 Å². The van der Waals surface area contributed by atoms with Crippen LogP contribution in [0.5, 0.6) is 0 Å². The molecule has 0 aliphatic carbocycles. The summed E-state index contributed by atoms with van der Waals surface area (Å²) in [5.41, 5.74) is 4.35. The molecule has 4 aromatic rings. The predicted octanol–water partition coefficient (Wildman–Crippen LogP) is 6.78. The third-order valence-corrected chi connectivity index (χ3v) is 8.52. The number of carboxylic acids is 1. The molecule has 8 nitrogen and oxygen atoms in total. The number of aliphatic hydroxyl groups is 1. The maximum absolute atomic E-state index is 12.6. The van der Waals surface area contributed by atoms with Crippen molar-refractivity contribution < 1.29 is 29.3 Å². The molecule has 1 aliphatic rings. The molecule has 1 aliphatic heterocycles. The van der Waals surface area contributed by atoms with Crippen LogP contribution in [-0.2, 0) is 22.6 Å². The van der Waals surface area contributed by atoms with E-state index >= 15 is 0 Å². The molecule has 1 heterocycles. The number of rotatable bonds is 10. The summed E-state index contributed by atoms with van der Waals surface area (Å²) in [6, 6.07) is 31.3. The minimum absolute atomic E-state index is 0.0476. The standard InChI is InChI=1S/C34H34N2O6S/c1-22-29(21-43-30-13-6-5-12-28(30)32(38)39)41-33(42-31(22)25-16-14-24(20-37)15-17-25)26-10-7-11-27(18-26)36-34(40)35-19-23-8-3-2-4-9-23/h2-18,22,29,31,33,37H,19-21H2,1H3,(H,38,39)(H2,35,36,40)/t22-,29+,31+,33+/m0/s1. The quantitative estimate of drug-likeness (QED) is 0.149. The van der Waals surface area contributed by atoms with Crippen LogP contribution in [-0.4, -0.2) is 34.1 Å². The van der Waals surface area contributed by atoms with Crippen LogP contribution in [0.3, 0.4) is 0 Å². The van der Waals surface area contributed by atoms with E-state index in [4.69, 9.17) is 9.47 Å². The Morgan fingerprint density at radius 2 is 1.58 bits per heavy atom. The Morgan fingerprint density at radius 1 is 0.837 bits per heavy atom. The Labute approximate surface area is 255 Å². The normalized spacial score (nSPS) is 19.9. The molecule has 0 bridgehead atoms. The summed E-state index contributed by atoms with van der Waals surface area (Å²) in [6.45, 7) is 2.42. The molecule has 9 heteroatoms. The number of aromatic carboxylic acids is 1. The van der Waals surface area contributed by atoms with E-state index in [1.165, 1.54) is 11.8 Å². The molecule has 0 saturated carbocycles. The minimum Gasteiger partial charge on any atom is -0.478 e. The number of carbonyl (C=O) groups excluding carboxylic acids is 1. The van der Waals surface area contributed by atoms with Crippen molar-refractivity contribution in [2.24, 2.45) is 5.92 Å². The van der Waals surface area contributed by atoms with Crippen molar-refractivity contribution in [3.8, 4) is 0 Å². The Hall–Kier alpha value is -4.15. The van der Waals surface area contributed by atoms with Gasteiger partial charge in [-0.3, -0.25) is 0 Å². The van der Waals surface area contributed by atoms with E-state index in [-0.39, 0.29) is 36.3 Å². The fourth-order valence-electron chi connectivity index (χ4n) is 4.97. The van der Waals surface area contributed by atoms with Crippen LogP contribution in [0.25, 0.3) is 0 Å². The summed E-state index contributed by atoms with van der Waals surface area (Å²) in [5, 5.41) is 24.9. The Morgan fingerprint density at radius 3 is 2.33 bits per heavy atom. The fraction of sp³-hybridized carbons (Fsp3) is 0.235. The molecule has 5 rings (SSSR count). The summed E-state index contributed by atoms with van der Waals surface area (Å²) in [7, 11) is 0. The Kier molecular flexibility index (Phi) is 10.1. The second-order valence-electron chi connectivity index (χ2n) is 10.4. The second-order valence-corrected chi connectivity index (χ2v) is 11.4. The molecule has 1 saturated heterocycles. The third kappa shape index (κ3) is 7.82. The smallest absolute Gasteiger partial charge is 0.336 e. The summed E-state index contributed by atoms with van der Waals surface area (Å²) in [6.07, 6.45) is -1.33.